The molecule has 0 atom stereocenters. The second-order valence-corrected chi connectivity index (χ2v) is 5.30. The van der Waals surface area contributed by atoms with Crippen LogP contribution in [0.25, 0.3) is 11.1 Å². The Morgan fingerprint density at radius 3 is 2.58 bits per heavy atom. The molecule has 3 rings (SSSR count). The highest BCUT2D eigenvalue weighted by Gasteiger charge is 2.14. The van der Waals surface area contributed by atoms with Gasteiger partial charge in [-0.25, -0.2) is 0 Å². The Morgan fingerprint density at radius 1 is 1.00 bits per heavy atom. The molecule has 19 heavy (non-hydrogen) atoms. The minimum atomic E-state index is 0.791. The summed E-state index contributed by atoms with van der Waals surface area (Å²) in [5.41, 5.74) is 3.78. The number of nitrogens with zero attached hydrogens (tertiary/aromatic N) is 1. The summed E-state index contributed by atoms with van der Waals surface area (Å²) >= 11 is 0. The van der Waals surface area contributed by atoms with Gasteiger partial charge in [0.1, 0.15) is 0 Å². The number of benzene rings is 1. The highest BCUT2D eigenvalue weighted by Crippen LogP contribution is 2.22. The van der Waals surface area contributed by atoms with Gasteiger partial charge in [-0.05, 0) is 61.5 Å². The van der Waals surface area contributed by atoms with Gasteiger partial charge in [0.2, 0.25) is 0 Å². The summed E-state index contributed by atoms with van der Waals surface area (Å²) in [5.74, 6) is 0.791. The minimum absolute atomic E-state index is 0.791. The second kappa shape index (κ2) is 5.98. The zero-order valence-electron chi connectivity index (χ0n) is 11.2. The third-order valence-corrected chi connectivity index (χ3v) is 3.88. The fraction of sp³-hybridized carbons (Fsp3) is 0.353. The number of hydrogen-bond acceptors (Lipinski definition) is 2. The molecule has 98 valence electrons. The minimum Gasteiger partial charge on any atom is -0.317 e. The lowest BCUT2D eigenvalue weighted by Crippen LogP contribution is -2.28. The number of rotatable bonds is 3. The smallest absolute Gasteiger partial charge is 0.0412 e. The van der Waals surface area contributed by atoms with Crippen molar-refractivity contribution in [1.29, 1.82) is 0 Å². The van der Waals surface area contributed by atoms with Gasteiger partial charge in [-0.1, -0.05) is 30.3 Å². The summed E-state index contributed by atoms with van der Waals surface area (Å²) in [6.45, 7) is 2.31. The van der Waals surface area contributed by atoms with Crippen LogP contribution in [0.1, 0.15) is 18.5 Å². The maximum Gasteiger partial charge on any atom is 0.0412 e. The van der Waals surface area contributed by atoms with Crippen LogP contribution in [0.4, 0.5) is 0 Å². The van der Waals surface area contributed by atoms with E-state index in [1.54, 1.807) is 0 Å². The van der Waals surface area contributed by atoms with Crippen LogP contribution in [-0.2, 0) is 6.42 Å². The Kier molecular flexibility index (Phi) is 3.89. The van der Waals surface area contributed by atoms with Crippen LogP contribution in [0.2, 0.25) is 0 Å². The van der Waals surface area contributed by atoms with Crippen LogP contribution in [0.3, 0.4) is 0 Å². The lowest BCUT2D eigenvalue weighted by molar-refractivity contribution is 0.370. The summed E-state index contributed by atoms with van der Waals surface area (Å²) in [4.78, 5) is 4.54. The van der Waals surface area contributed by atoms with Crippen molar-refractivity contribution in [2.24, 2.45) is 5.92 Å². The monoisotopic (exact) mass is 252 g/mol. The van der Waals surface area contributed by atoms with E-state index in [1.807, 2.05) is 6.20 Å². The molecule has 2 aromatic rings. The molecule has 0 radical (unpaired) electrons. The lowest BCUT2D eigenvalue weighted by Gasteiger charge is -2.22. The fourth-order valence-electron chi connectivity index (χ4n) is 2.78. The van der Waals surface area contributed by atoms with Gasteiger partial charge in [0, 0.05) is 11.9 Å². The molecule has 0 amide bonds. The van der Waals surface area contributed by atoms with Gasteiger partial charge >= 0.3 is 0 Å². The normalized spacial score (nSPS) is 16.4. The first-order valence-electron chi connectivity index (χ1n) is 7.13. The number of piperidine rings is 1. The first-order valence-corrected chi connectivity index (χ1v) is 7.13. The third kappa shape index (κ3) is 3.21. The fourth-order valence-corrected chi connectivity index (χ4v) is 2.78. The van der Waals surface area contributed by atoms with Gasteiger partial charge in [0.05, 0.1) is 0 Å². The van der Waals surface area contributed by atoms with Gasteiger partial charge in [0.15, 0.2) is 0 Å². The predicted octanol–water partition coefficient (Wildman–Crippen LogP) is 3.29. The van der Waals surface area contributed by atoms with Crippen molar-refractivity contribution in [2.75, 3.05) is 13.1 Å². The van der Waals surface area contributed by atoms with Crippen molar-refractivity contribution in [1.82, 2.24) is 10.3 Å². The van der Waals surface area contributed by atoms with Crippen molar-refractivity contribution >= 4 is 0 Å². The summed E-state index contributed by atoms with van der Waals surface area (Å²) in [7, 11) is 0. The molecular weight excluding hydrogens is 232 g/mol. The summed E-state index contributed by atoms with van der Waals surface area (Å²) in [6, 6.07) is 14.9. The first-order chi connectivity index (χ1) is 9.42. The standard InChI is InChI=1S/C17H20N2/c1-2-4-15(5-3-1)16-8-11-19-17(13-16)12-14-6-9-18-10-7-14/h1-5,8,11,13-14,18H,6-7,9-10,12H2. The van der Waals surface area contributed by atoms with E-state index < -0.39 is 0 Å². The molecule has 2 nitrogen and oxygen atoms in total. The van der Waals surface area contributed by atoms with Crippen molar-refractivity contribution in [3.8, 4) is 11.1 Å². The molecule has 1 saturated heterocycles. The molecule has 2 heteroatoms. The molecule has 0 aliphatic carbocycles. The Morgan fingerprint density at radius 2 is 1.79 bits per heavy atom. The first kappa shape index (κ1) is 12.4. The summed E-state index contributed by atoms with van der Waals surface area (Å²) in [5, 5.41) is 3.42. The quantitative estimate of drug-likeness (QED) is 0.906. The zero-order chi connectivity index (χ0) is 12.9. The lowest BCUT2D eigenvalue weighted by atomic mass is 9.92. The van der Waals surface area contributed by atoms with E-state index in [2.05, 4.69) is 52.8 Å². The number of pyridine rings is 1. The van der Waals surface area contributed by atoms with E-state index in [0.29, 0.717) is 0 Å². The van der Waals surface area contributed by atoms with Crippen LogP contribution in [0.5, 0.6) is 0 Å². The van der Waals surface area contributed by atoms with E-state index in [0.717, 1.165) is 25.4 Å². The SMILES string of the molecule is c1ccc(-c2ccnc(CC3CCNCC3)c2)cc1. The van der Waals surface area contributed by atoms with Gasteiger partial charge < -0.3 is 5.32 Å². The molecule has 1 aromatic carbocycles. The van der Waals surface area contributed by atoms with Crippen LogP contribution >= 0.6 is 0 Å². The molecule has 0 unspecified atom stereocenters. The largest absolute Gasteiger partial charge is 0.317 e. The Labute approximate surface area is 114 Å². The van der Waals surface area contributed by atoms with E-state index >= 15 is 0 Å². The molecule has 1 fully saturated rings. The van der Waals surface area contributed by atoms with Crippen molar-refractivity contribution in [2.45, 2.75) is 19.3 Å². The molecule has 1 aromatic heterocycles. The topological polar surface area (TPSA) is 24.9 Å². The number of aromatic nitrogens is 1. The van der Waals surface area contributed by atoms with Gasteiger partial charge in [0.25, 0.3) is 0 Å². The molecule has 1 aliphatic rings. The average Bonchev–Trinajstić information content (AvgIpc) is 2.49. The maximum atomic E-state index is 4.54. The maximum absolute atomic E-state index is 4.54. The van der Waals surface area contributed by atoms with E-state index in [1.165, 1.54) is 29.7 Å². The van der Waals surface area contributed by atoms with Crippen molar-refractivity contribution < 1.29 is 0 Å². The number of hydrogen-bond donors (Lipinski definition) is 1. The van der Waals surface area contributed by atoms with E-state index in [4.69, 9.17) is 0 Å². The summed E-state index contributed by atoms with van der Waals surface area (Å²) in [6.07, 6.45) is 5.61. The third-order valence-electron chi connectivity index (χ3n) is 3.88. The van der Waals surface area contributed by atoms with Gasteiger partial charge in [-0.3, -0.25) is 4.98 Å². The molecule has 1 aliphatic heterocycles. The van der Waals surface area contributed by atoms with E-state index in [9.17, 15) is 0 Å². The van der Waals surface area contributed by atoms with Crippen molar-refractivity contribution in [3.63, 3.8) is 0 Å². The molecule has 1 N–H and O–H groups in total. The highest BCUT2D eigenvalue weighted by molar-refractivity contribution is 5.63. The molecular formula is C17H20N2. The summed E-state index contributed by atoms with van der Waals surface area (Å²) < 4.78 is 0. The van der Waals surface area contributed by atoms with Crippen LogP contribution in [-0.4, -0.2) is 18.1 Å². The predicted molar refractivity (Wildman–Crippen MR) is 79.0 cm³/mol. The second-order valence-electron chi connectivity index (χ2n) is 5.30. The molecule has 0 spiro atoms. The van der Waals surface area contributed by atoms with E-state index in [-0.39, 0.29) is 0 Å². The Bertz CT molecular complexity index is 516. The molecule has 0 saturated carbocycles. The van der Waals surface area contributed by atoms with Crippen molar-refractivity contribution in [3.05, 3.63) is 54.4 Å². The molecule has 2 heterocycles. The number of nitrogens with one attached hydrogen (secondary N) is 1. The highest BCUT2D eigenvalue weighted by atomic mass is 14.9. The van der Waals surface area contributed by atoms with Gasteiger partial charge in [-0.15, -0.1) is 0 Å². The van der Waals surface area contributed by atoms with Crippen LogP contribution in [0.15, 0.2) is 48.7 Å². The Hall–Kier alpha value is -1.67. The molecule has 0 bridgehead atoms. The van der Waals surface area contributed by atoms with Gasteiger partial charge in [-0.2, -0.15) is 0 Å². The average molecular weight is 252 g/mol. The van der Waals surface area contributed by atoms with Crippen LogP contribution < -0.4 is 5.32 Å². The van der Waals surface area contributed by atoms with Crippen LogP contribution in [0, 0.1) is 5.92 Å². The Balaban J connectivity index is 1.76. The zero-order valence-corrected chi connectivity index (χ0v) is 11.2.